The van der Waals surface area contributed by atoms with Gasteiger partial charge in [-0.2, -0.15) is 87.6 Å². The van der Waals surface area contributed by atoms with E-state index in [-0.39, 0.29) is 0 Å². The number of rotatable bonds is 10. The number of hydrogen-bond acceptors (Lipinski definition) is 6. The third kappa shape index (κ3) is 5.56. The van der Waals surface area contributed by atoms with Crippen molar-refractivity contribution in [2.24, 2.45) is 0 Å². The highest BCUT2D eigenvalue weighted by atomic mass is 32.2. The number of sulfonamides is 2. The van der Waals surface area contributed by atoms with E-state index in [1.165, 1.54) is 0 Å². The zero-order valence-electron chi connectivity index (χ0n) is 19.9. The van der Waals surface area contributed by atoms with Gasteiger partial charge < -0.3 is 4.74 Å². The van der Waals surface area contributed by atoms with E-state index in [0.717, 1.165) is 6.92 Å². The van der Waals surface area contributed by atoms with Crippen LogP contribution in [0.4, 0.5) is 79.0 Å². The van der Waals surface area contributed by atoms with Gasteiger partial charge in [0.15, 0.2) is 0 Å². The van der Waals surface area contributed by atoms with Crippen LogP contribution in [0, 0.1) is 0 Å². The number of carbonyl (C=O) groups excluding carboxylic acids is 1. The molecule has 0 aromatic carbocycles. The molecule has 1 atom stereocenters. The van der Waals surface area contributed by atoms with Gasteiger partial charge in [0, 0.05) is 19.6 Å². The number of alkyl halides is 18. The molecule has 1 unspecified atom stereocenters. The molecule has 0 N–H and O–H groups in total. The van der Waals surface area contributed by atoms with E-state index in [1.807, 2.05) is 0 Å². The Morgan fingerprint density at radius 2 is 0.977 bits per heavy atom. The molecule has 8 nitrogen and oxygen atoms in total. The topological polar surface area (TPSA) is 101 Å². The van der Waals surface area contributed by atoms with Crippen molar-refractivity contribution in [3.8, 4) is 0 Å². The first-order chi connectivity index (χ1) is 18.6. The molecule has 0 aliphatic carbocycles. The van der Waals surface area contributed by atoms with Crippen molar-refractivity contribution in [1.29, 1.82) is 0 Å². The predicted octanol–water partition coefficient (Wildman–Crippen LogP) is 4.05. The lowest BCUT2D eigenvalue weighted by molar-refractivity contribution is -0.382. The molecule has 1 aliphatic rings. The number of carbonyl (C=O) groups is 1. The van der Waals surface area contributed by atoms with E-state index < -0.39 is 113 Å². The molecule has 1 saturated heterocycles. The molecular weight excluding hydrogens is 710 g/mol. The van der Waals surface area contributed by atoms with Crippen LogP contribution in [0.1, 0.15) is 6.92 Å². The Balaban J connectivity index is 3.75. The van der Waals surface area contributed by atoms with Gasteiger partial charge in [-0.15, -0.1) is 0 Å². The molecule has 256 valence electrons. The molecule has 0 aromatic rings. The van der Waals surface area contributed by atoms with Crippen LogP contribution < -0.4 is 0 Å². The lowest BCUT2D eigenvalue weighted by atomic mass is 10.1. The molecule has 0 saturated carbocycles. The summed E-state index contributed by atoms with van der Waals surface area (Å²) in [5.74, 6) is -34.0. The van der Waals surface area contributed by atoms with Crippen LogP contribution in [0.2, 0.25) is 0 Å². The molecule has 0 amide bonds. The normalized spacial score (nSPS) is 20.3. The molecule has 43 heavy (non-hydrogen) atoms. The van der Waals surface area contributed by atoms with Crippen molar-refractivity contribution in [2.75, 3.05) is 26.2 Å². The molecule has 0 radical (unpaired) electrons. The summed E-state index contributed by atoms with van der Waals surface area (Å²) in [5, 5.41) is -15.1. The van der Waals surface area contributed by atoms with E-state index in [2.05, 4.69) is 4.74 Å². The summed E-state index contributed by atoms with van der Waals surface area (Å²) in [5.41, 5.74) is 0. The summed E-state index contributed by atoms with van der Waals surface area (Å²) in [7, 11) is -15.5. The summed E-state index contributed by atoms with van der Waals surface area (Å²) in [6, 6.07) is -3.62. The van der Waals surface area contributed by atoms with E-state index in [4.69, 9.17) is 0 Å². The number of ether oxygens (including phenoxy) is 1. The maximum Gasteiger partial charge on any atom is 0.460 e. The van der Waals surface area contributed by atoms with Crippen LogP contribution >= 0.6 is 0 Å². The van der Waals surface area contributed by atoms with Gasteiger partial charge in [0.1, 0.15) is 6.04 Å². The van der Waals surface area contributed by atoms with Gasteiger partial charge in [0.2, 0.25) is 0 Å². The molecule has 0 aromatic heterocycles. The Morgan fingerprint density at radius 3 is 1.30 bits per heavy atom. The number of hydrogen-bond donors (Lipinski definition) is 0. The van der Waals surface area contributed by atoms with Gasteiger partial charge in [-0.05, 0) is 6.92 Å². The second kappa shape index (κ2) is 10.8. The summed E-state index contributed by atoms with van der Waals surface area (Å²) >= 11 is 0. The fraction of sp³-hybridized carbons (Fsp3) is 0.933. The second-order valence-electron chi connectivity index (χ2n) is 8.07. The predicted molar refractivity (Wildman–Crippen MR) is 98.3 cm³/mol. The second-order valence-corrected chi connectivity index (χ2v) is 12.0. The van der Waals surface area contributed by atoms with E-state index >= 15 is 0 Å². The van der Waals surface area contributed by atoms with Gasteiger partial charge in [-0.25, -0.2) is 16.8 Å². The quantitative estimate of drug-likeness (QED) is 0.250. The fourth-order valence-electron chi connectivity index (χ4n) is 3.03. The van der Waals surface area contributed by atoms with Crippen molar-refractivity contribution in [2.45, 2.75) is 59.5 Å². The first-order valence-electron chi connectivity index (χ1n) is 10.1. The summed E-state index contributed by atoms with van der Waals surface area (Å²) in [4.78, 5) is 12.1. The largest absolute Gasteiger partial charge is 0.465 e. The molecule has 0 spiro atoms. The summed E-state index contributed by atoms with van der Waals surface area (Å²) in [6.45, 7) is -7.75. The minimum atomic E-state index is -7.95. The van der Waals surface area contributed by atoms with Gasteiger partial charge in [-0.3, -0.25) is 4.79 Å². The zero-order chi connectivity index (χ0) is 34.8. The highest BCUT2D eigenvalue weighted by Gasteiger charge is 2.87. The Labute approximate surface area is 226 Å². The highest BCUT2D eigenvalue weighted by Crippen LogP contribution is 2.57. The number of halogens is 18. The van der Waals surface area contributed by atoms with Crippen molar-refractivity contribution in [3.63, 3.8) is 0 Å². The Kier molecular flexibility index (Phi) is 9.84. The number of piperazine rings is 1. The highest BCUT2D eigenvalue weighted by molar-refractivity contribution is 7.90. The number of nitrogens with zero attached hydrogens (tertiary/aromatic N) is 2. The van der Waals surface area contributed by atoms with Crippen molar-refractivity contribution in [3.05, 3.63) is 0 Å². The maximum atomic E-state index is 14.3. The molecule has 1 fully saturated rings. The molecule has 28 heteroatoms. The SMILES string of the molecule is CCOC(=O)C1CN(S(=O)(=O)C(F)(F)C(F)(F)C(F)(F)C(F)(F)F)CCN1S(=O)(=O)C(F)(F)C(F)(F)C(F)(F)C(F)(F)F. The van der Waals surface area contributed by atoms with Crippen LogP contribution in [-0.4, -0.2) is 110 Å². The van der Waals surface area contributed by atoms with Gasteiger partial charge in [0.05, 0.1) is 6.61 Å². The molecule has 1 rings (SSSR count). The smallest absolute Gasteiger partial charge is 0.460 e. The third-order valence-electron chi connectivity index (χ3n) is 5.38. The Hall–Kier alpha value is -1.97. The first-order valence-corrected chi connectivity index (χ1v) is 13.0. The third-order valence-corrected chi connectivity index (χ3v) is 9.26. The average molecular weight is 722 g/mol. The van der Waals surface area contributed by atoms with Crippen LogP contribution in [0.3, 0.4) is 0 Å². The molecular formula is C15H12F18N2O6S2. The van der Waals surface area contributed by atoms with Gasteiger partial charge in [-0.1, -0.05) is 0 Å². The minimum absolute atomic E-state index is 0.759. The van der Waals surface area contributed by atoms with Crippen molar-refractivity contribution in [1.82, 2.24) is 8.61 Å². The van der Waals surface area contributed by atoms with Crippen LogP contribution in [0.5, 0.6) is 0 Å². The van der Waals surface area contributed by atoms with Gasteiger partial charge in [0.25, 0.3) is 20.0 Å². The fourth-order valence-corrected chi connectivity index (χ4v) is 6.02. The maximum absolute atomic E-state index is 14.3. The Bertz CT molecular complexity index is 1280. The Morgan fingerprint density at radius 1 is 0.628 bits per heavy atom. The standard InChI is InChI=1S/C15H12F18N2O6S2/c1-2-41-7(36)6-5-34(42(37,38)14(30,31)10(20,21)8(16,17)12(24,25)26)3-4-35(6)43(39,40)15(32,33)11(22,23)9(18,19)13(27,28)29/h6H,2-5H2,1H3. The minimum Gasteiger partial charge on any atom is -0.465 e. The van der Waals surface area contributed by atoms with Crippen molar-refractivity contribution >= 4 is 26.0 Å². The van der Waals surface area contributed by atoms with E-state index in [0.29, 0.717) is 0 Å². The monoisotopic (exact) mass is 722 g/mol. The average Bonchev–Trinajstić information content (AvgIpc) is 2.81. The van der Waals surface area contributed by atoms with Crippen LogP contribution in [0.15, 0.2) is 0 Å². The summed E-state index contributed by atoms with van der Waals surface area (Å²) < 4.78 is 288. The van der Waals surface area contributed by atoms with Crippen LogP contribution in [0.25, 0.3) is 0 Å². The molecule has 1 heterocycles. The first kappa shape index (κ1) is 39.1. The summed E-state index contributed by atoms with van der Waals surface area (Å²) in [6.07, 6.45) is -15.1. The van der Waals surface area contributed by atoms with E-state index in [1.54, 1.807) is 0 Å². The van der Waals surface area contributed by atoms with E-state index in [9.17, 15) is 101 Å². The molecule has 0 bridgehead atoms. The van der Waals surface area contributed by atoms with Crippen LogP contribution in [-0.2, 0) is 29.6 Å². The van der Waals surface area contributed by atoms with Crippen molar-refractivity contribution < 1.29 is 105 Å². The zero-order valence-corrected chi connectivity index (χ0v) is 21.5. The van der Waals surface area contributed by atoms with Gasteiger partial charge >= 0.3 is 52.5 Å². The lowest BCUT2D eigenvalue weighted by Gasteiger charge is -2.43. The number of esters is 1. The molecule has 1 aliphatic heterocycles. The lowest BCUT2D eigenvalue weighted by Crippen LogP contribution is -2.70.